The molecule has 0 aliphatic heterocycles. The van der Waals surface area contributed by atoms with Crippen LogP contribution in [0.3, 0.4) is 0 Å². The fraction of sp³-hybridized carbons (Fsp3) is 0. The van der Waals surface area contributed by atoms with Crippen LogP contribution in [0, 0.1) is 5.41 Å². The molecule has 0 spiro atoms. The van der Waals surface area contributed by atoms with E-state index in [2.05, 4.69) is 15.9 Å². The van der Waals surface area contributed by atoms with Gasteiger partial charge in [-0.2, -0.15) is 0 Å². The number of amidine groups is 1. The minimum Gasteiger partial charge on any atom is -0.457 e. The van der Waals surface area contributed by atoms with E-state index in [1.807, 2.05) is 24.3 Å². The molecule has 0 amide bonds. The highest BCUT2D eigenvalue weighted by atomic mass is 79.9. The third kappa shape index (κ3) is 2.83. The number of rotatable bonds is 3. The van der Waals surface area contributed by atoms with E-state index < -0.39 is 0 Å². The fourth-order valence-corrected chi connectivity index (χ4v) is 2.15. The lowest BCUT2D eigenvalue weighted by Crippen LogP contribution is -2.13. The van der Waals surface area contributed by atoms with Gasteiger partial charge in [-0.15, -0.1) is 0 Å². The molecule has 3 N–H and O–H groups in total. The first-order valence-corrected chi connectivity index (χ1v) is 6.31. The zero-order valence-electron chi connectivity index (χ0n) is 9.28. The molecule has 0 fully saturated rings. The van der Waals surface area contributed by atoms with E-state index in [9.17, 15) is 0 Å². The van der Waals surface area contributed by atoms with E-state index in [1.165, 1.54) is 0 Å². The standard InChI is InChI=1S/C13H10BrClN2O/c14-8-3-1-4-9(7-8)18-11-6-2-5-10(15)12(11)13(16)17/h1-7H,(H3,16,17). The van der Waals surface area contributed by atoms with Gasteiger partial charge in [-0.1, -0.05) is 39.7 Å². The van der Waals surface area contributed by atoms with Crippen molar-refractivity contribution in [3.8, 4) is 11.5 Å². The van der Waals surface area contributed by atoms with Crippen molar-refractivity contribution in [1.82, 2.24) is 0 Å². The zero-order valence-corrected chi connectivity index (χ0v) is 11.6. The molecule has 0 heterocycles. The Morgan fingerprint density at radius 2 is 1.94 bits per heavy atom. The van der Waals surface area contributed by atoms with Gasteiger partial charge in [0.25, 0.3) is 0 Å². The second kappa shape index (κ2) is 5.42. The smallest absolute Gasteiger partial charge is 0.139 e. The van der Waals surface area contributed by atoms with Crippen LogP contribution in [0.15, 0.2) is 46.9 Å². The molecule has 3 nitrogen and oxygen atoms in total. The van der Waals surface area contributed by atoms with Crippen molar-refractivity contribution in [2.24, 2.45) is 5.73 Å². The lowest BCUT2D eigenvalue weighted by atomic mass is 10.2. The maximum atomic E-state index is 7.53. The zero-order chi connectivity index (χ0) is 13.1. The van der Waals surface area contributed by atoms with Gasteiger partial charge in [0.05, 0.1) is 10.6 Å². The fourth-order valence-electron chi connectivity index (χ4n) is 1.51. The Labute approximate surface area is 118 Å². The predicted molar refractivity (Wildman–Crippen MR) is 76.7 cm³/mol. The second-order valence-electron chi connectivity index (χ2n) is 3.59. The molecule has 0 aliphatic rings. The van der Waals surface area contributed by atoms with E-state index in [4.69, 9.17) is 27.5 Å². The van der Waals surface area contributed by atoms with Crippen LogP contribution in [0.5, 0.6) is 11.5 Å². The van der Waals surface area contributed by atoms with E-state index in [0.29, 0.717) is 22.1 Å². The summed E-state index contributed by atoms with van der Waals surface area (Å²) in [5.41, 5.74) is 5.91. The van der Waals surface area contributed by atoms with Crippen LogP contribution in [-0.2, 0) is 0 Å². The molecule has 0 atom stereocenters. The highest BCUT2D eigenvalue weighted by Gasteiger charge is 2.11. The Morgan fingerprint density at radius 3 is 2.61 bits per heavy atom. The summed E-state index contributed by atoms with van der Waals surface area (Å²) < 4.78 is 6.61. The molecule has 0 bridgehead atoms. The van der Waals surface area contributed by atoms with Gasteiger partial charge < -0.3 is 10.5 Å². The van der Waals surface area contributed by atoms with Gasteiger partial charge in [-0.3, -0.25) is 5.41 Å². The molecule has 0 radical (unpaired) electrons. The van der Waals surface area contributed by atoms with Gasteiger partial charge in [0.15, 0.2) is 0 Å². The average molecular weight is 326 g/mol. The molecule has 0 aromatic heterocycles. The predicted octanol–water partition coefficient (Wildman–Crippen LogP) is 4.18. The molecule has 2 aromatic rings. The highest BCUT2D eigenvalue weighted by molar-refractivity contribution is 9.10. The first-order chi connectivity index (χ1) is 8.58. The molecule has 92 valence electrons. The molecular weight excluding hydrogens is 316 g/mol. The molecule has 0 saturated carbocycles. The van der Waals surface area contributed by atoms with Crippen molar-refractivity contribution >= 4 is 33.4 Å². The van der Waals surface area contributed by atoms with Gasteiger partial charge >= 0.3 is 0 Å². The largest absolute Gasteiger partial charge is 0.457 e. The second-order valence-corrected chi connectivity index (χ2v) is 4.91. The topological polar surface area (TPSA) is 59.1 Å². The van der Waals surface area contributed by atoms with Crippen molar-refractivity contribution in [2.45, 2.75) is 0 Å². The first kappa shape index (κ1) is 12.9. The third-order valence-corrected chi connectivity index (χ3v) is 3.08. The van der Waals surface area contributed by atoms with E-state index in [0.717, 1.165) is 4.47 Å². The van der Waals surface area contributed by atoms with Gasteiger partial charge in [0, 0.05) is 4.47 Å². The minimum absolute atomic E-state index is 0.120. The van der Waals surface area contributed by atoms with E-state index >= 15 is 0 Å². The number of nitrogens with one attached hydrogen (secondary N) is 1. The van der Waals surface area contributed by atoms with Crippen LogP contribution in [0.1, 0.15) is 5.56 Å². The monoisotopic (exact) mass is 324 g/mol. The summed E-state index contributed by atoms with van der Waals surface area (Å²) >= 11 is 9.38. The number of benzene rings is 2. The highest BCUT2D eigenvalue weighted by Crippen LogP contribution is 2.30. The molecule has 0 saturated heterocycles. The summed E-state index contributed by atoms with van der Waals surface area (Å²) in [6.07, 6.45) is 0. The number of nitrogen functional groups attached to an aromatic ring is 1. The Balaban J connectivity index is 2.40. The Hall–Kier alpha value is -1.52. The number of nitrogens with two attached hydrogens (primary N) is 1. The lowest BCUT2D eigenvalue weighted by molar-refractivity contribution is 0.481. The summed E-state index contributed by atoms with van der Waals surface area (Å²) in [7, 11) is 0. The Kier molecular flexibility index (Phi) is 3.89. The van der Waals surface area contributed by atoms with Crippen LogP contribution >= 0.6 is 27.5 Å². The summed E-state index contributed by atoms with van der Waals surface area (Å²) in [6, 6.07) is 12.5. The van der Waals surface area contributed by atoms with Gasteiger partial charge in [0.2, 0.25) is 0 Å². The Bertz CT molecular complexity index is 601. The normalized spacial score (nSPS) is 10.1. The molecule has 2 rings (SSSR count). The van der Waals surface area contributed by atoms with Gasteiger partial charge in [-0.05, 0) is 30.3 Å². The Morgan fingerprint density at radius 1 is 1.22 bits per heavy atom. The number of hydrogen-bond donors (Lipinski definition) is 2. The average Bonchev–Trinajstić information content (AvgIpc) is 2.28. The van der Waals surface area contributed by atoms with E-state index in [1.54, 1.807) is 18.2 Å². The van der Waals surface area contributed by atoms with Gasteiger partial charge in [0.1, 0.15) is 17.3 Å². The number of ether oxygens (including phenoxy) is 1. The van der Waals surface area contributed by atoms with Crippen LogP contribution < -0.4 is 10.5 Å². The van der Waals surface area contributed by atoms with Crippen molar-refractivity contribution in [2.75, 3.05) is 0 Å². The third-order valence-electron chi connectivity index (χ3n) is 2.27. The van der Waals surface area contributed by atoms with Crippen molar-refractivity contribution in [1.29, 1.82) is 5.41 Å². The molecule has 0 unspecified atom stereocenters. The van der Waals surface area contributed by atoms with Crippen LogP contribution in [0.2, 0.25) is 5.02 Å². The summed E-state index contributed by atoms with van der Waals surface area (Å²) in [5.74, 6) is 0.993. The maximum Gasteiger partial charge on any atom is 0.139 e. The summed E-state index contributed by atoms with van der Waals surface area (Å²) in [6.45, 7) is 0. The van der Waals surface area contributed by atoms with Gasteiger partial charge in [-0.25, -0.2) is 0 Å². The van der Waals surface area contributed by atoms with Crippen LogP contribution in [0.4, 0.5) is 0 Å². The van der Waals surface area contributed by atoms with E-state index in [-0.39, 0.29) is 5.84 Å². The van der Waals surface area contributed by atoms with Crippen LogP contribution in [-0.4, -0.2) is 5.84 Å². The summed E-state index contributed by atoms with van der Waals surface area (Å²) in [5, 5.41) is 7.93. The molecule has 5 heteroatoms. The van der Waals surface area contributed by atoms with Crippen molar-refractivity contribution in [3.05, 3.63) is 57.5 Å². The van der Waals surface area contributed by atoms with Crippen molar-refractivity contribution in [3.63, 3.8) is 0 Å². The van der Waals surface area contributed by atoms with Crippen molar-refractivity contribution < 1.29 is 4.74 Å². The number of halogens is 2. The number of hydrogen-bond acceptors (Lipinski definition) is 2. The lowest BCUT2D eigenvalue weighted by Gasteiger charge is -2.11. The molecule has 18 heavy (non-hydrogen) atoms. The maximum absolute atomic E-state index is 7.53. The minimum atomic E-state index is -0.120. The van der Waals surface area contributed by atoms with Crippen LogP contribution in [0.25, 0.3) is 0 Å². The molecule has 2 aromatic carbocycles. The summed E-state index contributed by atoms with van der Waals surface area (Å²) in [4.78, 5) is 0. The molecular formula is C13H10BrClN2O. The molecule has 0 aliphatic carbocycles. The first-order valence-electron chi connectivity index (χ1n) is 5.14. The quantitative estimate of drug-likeness (QED) is 0.657. The SMILES string of the molecule is N=C(N)c1c(Cl)cccc1Oc1cccc(Br)c1.